The fourth-order valence-corrected chi connectivity index (χ4v) is 8.16. The molecule has 1 N–H and O–H groups in total. The first-order chi connectivity index (χ1) is 28.0. The number of alkyl halides is 2. The summed E-state index contributed by atoms with van der Waals surface area (Å²) >= 11 is 12.8. The molecule has 1 unspecified atom stereocenters. The highest BCUT2D eigenvalue weighted by Crippen LogP contribution is 2.38. The predicted octanol–water partition coefficient (Wildman–Crippen LogP) is 7.77. The molecule has 1 saturated carbocycles. The number of halogens is 4. The highest BCUT2D eigenvalue weighted by atomic mass is 35.5. The van der Waals surface area contributed by atoms with Crippen molar-refractivity contribution in [3.8, 4) is 11.5 Å². The van der Waals surface area contributed by atoms with Gasteiger partial charge in [0.2, 0.25) is 0 Å². The van der Waals surface area contributed by atoms with Gasteiger partial charge in [0, 0.05) is 30.8 Å². The third-order valence-electron chi connectivity index (χ3n) is 10.8. The monoisotopic (exact) mass is 838 g/mol. The second-order valence-corrected chi connectivity index (χ2v) is 16.1. The first kappa shape index (κ1) is 41.5. The van der Waals surface area contributed by atoms with Crippen molar-refractivity contribution in [2.24, 2.45) is 11.8 Å². The van der Waals surface area contributed by atoms with Gasteiger partial charge >= 0.3 is 18.6 Å². The van der Waals surface area contributed by atoms with E-state index in [1.807, 2.05) is 54.6 Å². The van der Waals surface area contributed by atoms with Crippen LogP contribution in [-0.2, 0) is 32.0 Å². The van der Waals surface area contributed by atoms with Crippen molar-refractivity contribution < 1.29 is 42.0 Å². The van der Waals surface area contributed by atoms with E-state index in [-0.39, 0.29) is 46.6 Å². The second-order valence-electron chi connectivity index (χ2n) is 15.3. The average Bonchev–Trinajstić information content (AvgIpc) is 4.03. The molecule has 11 nitrogen and oxygen atoms in total. The average molecular weight is 840 g/mol. The number of rotatable bonds is 18. The van der Waals surface area contributed by atoms with E-state index in [2.05, 4.69) is 10.2 Å². The van der Waals surface area contributed by atoms with E-state index in [1.165, 1.54) is 18.2 Å². The van der Waals surface area contributed by atoms with Gasteiger partial charge < -0.3 is 29.5 Å². The molecule has 4 heterocycles. The third kappa shape index (κ3) is 11.1. The number of hydrogen-bond donors (Lipinski definition) is 1. The first-order valence-corrected chi connectivity index (χ1v) is 20.2. The molecule has 0 radical (unpaired) electrons. The lowest BCUT2D eigenvalue weighted by Gasteiger charge is -2.44. The number of aromatic nitrogens is 1. The number of nitrogens with zero attached hydrogens (tertiary/aromatic N) is 3. The quantitative estimate of drug-likeness (QED) is 0.0606. The lowest BCUT2D eigenvalue weighted by atomic mass is 9.86. The van der Waals surface area contributed by atoms with Crippen LogP contribution in [0, 0.1) is 17.0 Å². The minimum atomic E-state index is -3.07. The summed E-state index contributed by atoms with van der Waals surface area (Å²) in [5.41, 5.74) is 3.16. The minimum Gasteiger partial charge on any atom is -0.619 e. The Morgan fingerprint density at radius 3 is 2.36 bits per heavy atom. The van der Waals surface area contributed by atoms with E-state index >= 15 is 0 Å². The molecule has 15 heteroatoms. The number of likely N-dealkylation sites (N-methyl/N-ethyl adjacent to an activating group) is 1. The van der Waals surface area contributed by atoms with Gasteiger partial charge in [-0.1, -0.05) is 71.7 Å². The van der Waals surface area contributed by atoms with Gasteiger partial charge in [0.05, 0.1) is 13.2 Å². The van der Waals surface area contributed by atoms with Crippen LogP contribution in [0.2, 0.25) is 10.0 Å². The summed E-state index contributed by atoms with van der Waals surface area (Å²) < 4.78 is 49.8. The first-order valence-electron chi connectivity index (χ1n) is 19.5. The summed E-state index contributed by atoms with van der Waals surface area (Å²) in [6.07, 6.45) is 5.16. The Bertz CT molecular complexity index is 2030. The molecular formula is C43H46Cl2F2N4O7. The molecule has 1 aliphatic carbocycles. The van der Waals surface area contributed by atoms with Crippen molar-refractivity contribution in [2.75, 3.05) is 45.2 Å². The molecule has 3 saturated heterocycles. The lowest BCUT2D eigenvalue weighted by Crippen LogP contribution is -2.52. The van der Waals surface area contributed by atoms with Crippen LogP contribution in [0.25, 0.3) is 0 Å². The topological polar surface area (TPSA) is 117 Å². The zero-order valence-corrected chi connectivity index (χ0v) is 33.5. The Labute approximate surface area is 346 Å². The number of piperidine rings is 3. The zero-order valence-electron chi connectivity index (χ0n) is 32.0. The van der Waals surface area contributed by atoms with Gasteiger partial charge in [-0.05, 0) is 98.6 Å². The standard InChI is InChI=1S/C43H46Cl2F2N4O7/c1-49(21-28-6-5-9-32(18-28)48-41(30-7-3-2-4-8-30)42(53)57-39-24-50-16-14-29(39)15-17-50)25-40(52)56-37(20-33-34(44)22-51(54)23-35(33)45)31-12-13-36(58-43(46)47)38(19-31)55-26-27-10-11-27/h2-9,12-13,18-19,22-23,27,29,37,39,41,43,48H,10-11,14-17,20-21,24-26H2,1H3/t37-,39-,41?/m0/s1. The van der Waals surface area contributed by atoms with Crippen molar-refractivity contribution in [3.63, 3.8) is 0 Å². The second kappa shape index (κ2) is 18.9. The van der Waals surface area contributed by atoms with Gasteiger partial charge in [-0.2, -0.15) is 13.5 Å². The molecule has 3 atom stereocenters. The molecule has 3 aromatic carbocycles. The molecule has 1 aromatic heterocycles. The number of carbonyl (C=O) groups is 2. The van der Waals surface area contributed by atoms with Gasteiger partial charge in [-0.25, -0.2) is 4.79 Å². The number of benzene rings is 3. The molecule has 58 heavy (non-hydrogen) atoms. The number of anilines is 1. The van der Waals surface area contributed by atoms with E-state index in [4.69, 9.17) is 42.1 Å². The Morgan fingerprint density at radius 2 is 1.69 bits per heavy atom. The number of esters is 2. The van der Waals surface area contributed by atoms with Crippen LogP contribution in [0.1, 0.15) is 60.1 Å². The summed E-state index contributed by atoms with van der Waals surface area (Å²) in [6.45, 7) is 0.338. The summed E-state index contributed by atoms with van der Waals surface area (Å²) in [5.74, 6) is -0.274. The summed E-state index contributed by atoms with van der Waals surface area (Å²) in [5, 5.41) is 15.5. The van der Waals surface area contributed by atoms with Crippen LogP contribution in [0.4, 0.5) is 14.5 Å². The maximum atomic E-state index is 13.7. The van der Waals surface area contributed by atoms with Crippen LogP contribution in [0.5, 0.6) is 11.5 Å². The molecule has 0 spiro atoms. The molecule has 4 aliphatic rings. The molecule has 4 fully saturated rings. The number of ether oxygens (including phenoxy) is 4. The fourth-order valence-electron chi connectivity index (χ4n) is 7.56. The predicted molar refractivity (Wildman–Crippen MR) is 214 cm³/mol. The highest BCUT2D eigenvalue weighted by Gasteiger charge is 2.38. The van der Waals surface area contributed by atoms with Crippen molar-refractivity contribution in [2.45, 2.75) is 63.5 Å². The smallest absolute Gasteiger partial charge is 0.387 e. The Kier molecular flexibility index (Phi) is 13.5. The number of fused-ring (bicyclic) bond motifs is 3. The minimum absolute atomic E-state index is 0.0243. The zero-order chi connectivity index (χ0) is 40.8. The summed E-state index contributed by atoms with van der Waals surface area (Å²) in [7, 11) is 1.77. The molecular weight excluding hydrogens is 793 g/mol. The molecule has 0 amide bonds. The maximum absolute atomic E-state index is 13.7. The Morgan fingerprint density at radius 1 is 0.948 bits per heavy atom. The van der Waals surface area contributed by atoms with Crippen LogP contribution in [0.3, 0.4) is 0 Å². The Balaban J connectivity index is 1.04. The SMILES string of the molecule is CN(CC(=O)O[C@@H](Cc1c(Cl)c[n+]([O-])cc1Cl)c1ccc(OC(F)F)c(OCC2CC2)c1)Cc1cccc(NC(C(=O)O[C@H]2CN3CCC2CC3)c2ccccc2)c1. The van der Waals surface area contributed by atoms with Crippen LogP contribution < -0.4 is 19.5 Å². The van der Waals surface area contributed by atoms with Gasteiger partial charge in [-0.15, -0.1) is 0 Å². The number of pyridine rings is 1. The largest absolute Gasteiger partial charge is 0.619 e. The van der Waals surface area contributed by atoms with Gasteiger partial charge in [-0.3, -0.25) is 14.6 Å². The number of nitrogens with one attached hydrogen (secondary N) is 1. The van der Waals surface area contributed by atoms with E-state index in [0.29, 0.717) is 46.5 Å². The normalized spacial score (nSPS) is 19.7. The summed E-state index contributed by atoms with van der Waals surface area (Å²) in [4.78, 5) is 31.5. The molecule has 3 aliphatic heterocycles. The van der Waals surface area contributed by atoms with Crippen LogP contribution in [0.15, 0.2) is 85.2 Å². The van der Waals surface area contributed by atoms with Crippen molar-refractivity contribution in [1.82, 2.24) is 9.80 Å². The van der Waals surface area contributed by atoms with Crippen LogP contribution in [-0.4, -0.2) is 74.3 Å². The molecule has 4 aromatic rings. The maximum Gasteiger partial charge on any atom is 0.387 e. The van der Waals surface area contributed by atoms with E-state index in [0.717, 1.165) is 68.8 Å². The lowest BCUT2D eigenvalue weighted by molar-refractivity contribution is -0.605. The van der Waals surface area contributed by atoms with Crippen molar-refractivity contribution >= 4 is 40.8 Å². The van der Waals surface area contributed by atoms with Gasteiger partial charge in [0.25, 0.3) is 0 Å². The van der Waals surface area contributed by atoms with Crippen molar-refractivity contribution in [1.29, 1.82) is 0 Å². The van der Waals surface area contributed by atoms with Gasteiger partial charge in [0.15, 0.2) is 29.9 Å². The molecule has 8 rings (SSSR count). The van der Waals surface area contributed by atoms with E-state index in [1.54, 1.807) is 11.9 Å². The van der Waals surface area contributed by atoms with E-state index < -0.39 is 24.7 Å². The molecule has 308 valence electrons. The fraction of sp³-hybridized carbons (Fsp3) is 0.419. The number of hydrogen-bond acceptors (Lipinski definition) is 10. The highest BCUT2D eigenvalue weighted by molar-refractivity contribution is 6.35. The molecule has 2 bridgehead atoms. The van der Waals surface area contributed by atoms with E-state index in [9.17, 15) is 23.6 Å². The van der Waals surface area contributed by atoms with Crippen molar-refractivity contribution in [3.05, 3.63) is 123 Å². The third-order valence-corrected chi connectivity index (χ3v) is 11.4. The van der Waals surface area contributed by atoms with Gasteiger partial charge in [0.1, 0.15) is 22.3 Å². The van der Waals surface area contributed by atoms with Crippen LogP contribution >= 0.6 is 23.2 Å². The summed E-state index contributed by atoms with van der Waals surface area (Å²) in [6, 6.07) is 20.7. The number of carbonyl (C=O) groups excluding carboxylic acids is 2. The Hall–Kier alpha value is -4.69.